The van der Waals surface area contributed by atoms with Gasteiger partial charge in [-0.25, -0.2) is 4.79 Å². The number of carbonyl (C=O) groups is 2. The predicted molar refractivity (Wildman–Crippen MR) is 124 cm³/mol. The summed E-state index contributed by atoms with van der Waals surface area (Å²) in [6, 6.07) is 5.29. The average Bonchev–Trinajstić information content (AvgIpc) is 2.73. The van der Waals surface area contributed by atoms with Crippen LogP contribution in [0.4, 0.5) is 4.79 Å². The first-order chi connectivity index (χ1) is 14.7. The zero-order chi connectivity index (χ0) is 23.2. The molecule has 1 N–H and O–H groups in total. The predicted octanol–water partition coefficient (Wildman–Crippen LogP) is 4.08. The van der Waals surface area contributed by atoms with Crippen molar-refractivity contribution in [1.29, 1.82) is 0 Å². The molecule has 0 aliphatic heterocycles. The molecule has 0 aliphatic carbocycles. The van der Waals surface area contributed by atoms with Gasteiger partial charge in [-0.2, -0.15) is 0 Å². The minimum Gasteiger partial charge on any atom is -0.493 e. The number of nitrogens with one attached hydrogen (secondary N) is 1. The molecule has 0 radical (unpaired) electrons. The second kappa shape index (κ2) is 14.5. The summed E-state index contributed by atoms with van der Waals surface area (Å²) in [5, 5.41) is 2.93. The minimum atomic E-state index is -0.440. The van der Waals surface area contributed by atoms with E-state index in [1.165, 1.54) is 12.0 Å². The van der Waals surface area contributed by atoms with E-state index < -0.39 is 6.09 Å². The molecule has 1 rings (SSSR count). The summed E-state index contributed by atoms with van der Waals surface area (Å²) in [6.07, 6.45) is 7.33. The van der Waals surface area contributed by atoms with Crippen LogP contribution in [-0.4, -0.2) is 63.1 Å². The van der Waals surface area contributed by atoms with Gasteiger partial charge in [0, 0.05) is 33.1 Å². The Hall–Kier alpha value is -2.54. The van der Waals surface area contributed by atoms with E-state index in [0.29, 0.717) is 36.9 Å². The molecule has 1 aromatic rings. The third-order valence-corrected chi connectivity index (χ3v) is 4.65. The van der Waals surface area contributed by atoms with Crippen LogP contribution < -0.4 is 14.8 Å². The molecule has 1 aromatic carbocycles. The van der Waals surface area contributed by atoms with Crippen molar-refractivity contribution in [2.45, 2.75) is 46.1 Å². The number of rotatable bonds is 13. The van der Waals surface area contributed by atoms with Crippen molar-refractivity contribution >= 4 is 12.0 Å². The van der Waals surface area contributed by atoms with Crippen molar-refractivity contribution in [3.8, 4) is 11.5 Å². The van der Waals surface area contributed by atoms with Crippen LogP contribution in [0.3, 0.4) is 0 Å². The molecule has 0 saturated carbocycles. The van der Waals surface area contributed by atoms with Crippen molar-refractivity contribution in [1.82, 2.24) is 15.1 Å². The molecule has 0 saturated heterocycles. The fraction of sp³-hybridized carbons (Fsp3) is 0.583. The van der Waals surface area contributed by atoms with Crippen LogP contribution in [0, 0.1) is 5.92 Å². The highest BCUT2D eigenvalue weighted by Crippen LogP contribution is 2.28. The van der Waals surface area contributed by atoms with E-state index in [-0.39, 0.29) is 5.91 Å². The molecular formula is C24H39N3O4. The number of benzene rings is 1. The molecule has 31 heavy (non-hydrogen) atoms. The Bertz CT molecular complexity index is 717. The number of ether oxygens (including phenoxy) is 2. The zero-order valence-corrected chi connectivity index (χ0v) is 19.9. The Morgan fingerprint density at radius 2 is 1.84 bits per heavy atom. The number of nitrogens with zero attached hydrogens (tertiary/aromatic N) is 2. The van der Waals surface area contributed by atoms with E-state index in [1.54, 1.807) is 19.2 Å². The lowest BCUT2D eigenvalue weighted by atomic mass is 10.1. The van der Waals surface area contributed by atoms with Crippen LogP contribution in [-0.2, 0) is 11.3 Å². The number of carbonyl (C=O) groups excluding carboxylic acids is 2. The lowest BCUT2D eigenvalue weighted by molar-refractivity contribution is -0.121. The summed E-state index contributed by atoms with van der Waals surface area (Å²) in [6.45, 7) is 6.02. The van der Waals surface area contributed by atoms with Crippen LogP contribution >= 0.6 is 0 Å². The molecule has 0 unspecified atom stereocenters. The highest BCUT2D eigenvalue weighted by Gasteiger charge is 2.15. The minimum absolute atomic E-state index is 0.0322. The van der Waals surface area contributed by atoms with Crippen molar-refractivity contribution in [2.24, 2.45) is 5.92 Å². The maximum atomic E-state index is 12.3. The van der Waals surface area contributed by atoms with Crippen molar-refractivity contribution in [2.75, 3.05) is 41.3 Å². The molecule has 0 aliphatic rings. The molecule has 7 nitrogen and oxygen atoms in total. The maximum absolute atomic E-state index is 12.3. The SMILES string of the molecule is COc1cc(CNC(=O)CCCC/C=C/C(C)C)ccc1OC(=O)N(C)CCN(C)C. The normalized spacial score (nSPS) is 11.2. The number of methoxy groups -OCH3 is 1. The Morgan fingerprint density at radius 3 is 2.48 bits per heavy atom. The van der Waals surface area contributed by atoms with Gasteiger partial charge in [0.1, 0.15) is 0 Å². The molecule has 2 amide bonds. The van der Waals surface area contributed by atoms with Gasteiger partial charge in [0.05, 0.1) is 7.11 Å². The quantitative estimate of drug-likeness (QED) is 0.375. The first-order valence-electron chi connectivity index (χ1n) is 10.9. The first-order valence-corrected chi connectivity index (χ1v) is 10.9. The summed E-state index contributed by atoms with van der Waals surface area (Å²) in [7, 11) is 7.12. The molecule has 7 heteroatoms. The smallest absolute Gasteiger partial charge is 0.415 e. The third kappa shape index (κ3) is 11.4. The monoisotopic (exact) mass is 433 g/mol. The number of likely N-dealkylation sites (N-methyl/N-ethyl adjacent to an activating group) is 2. The van der Waals surface area contributed by atoms with E-state index in [4.69, 9.17) is 9.47 Å². The van der Waals surface area contributed by atoms with E-state index in [1.807, 2.05) is 25.1 Å². The Kier molecular flexibility index (Phi) is 12.4. The fourth-order valence-corrected chi connectivity index (χ4v) is 2.72. The molecule has 0 spiro atoms. The summed E-state index contributed by atoms with van der Waals surface area (Å²) in [5.41, 5.74) is 0.880. The van der Waals surface area contributed by atoms with Crippen LogP contribution in [0.15, 0.2) is 30.4 Å². The van der Waals surface area contributed by atoms with E-state index in [9.17, 15) is 9.59 Å². The van der Waals surface area contributed by atoms with E-state index in [2.05, 4.69) is 31.3 Å². The molecular weight excluding hydrogens is 394 g/mol. The molecule has 0 fully saturated rings. The molecule has 0 heterocycles. The van der Waals surface area contributed by atoms with Gasteiger partial charge in [0.15, 0.2) is 11.5 Å². The van der Waals surface area contributed by atoms with Crippen LogP contribution in [0.2, 0.25) is 0 Å². The van der Waals surface area contributed by atoms with Crippen LogP contribution in [0.25, 0.3) is 0 Å². The van der Waals surface area contributed by atoms with Crippen LogP contribution in [0.5, 0.6) is 11.5 Å². The number of hydrogen-bond donors (Lipinski definition) is 1. The lowest BCUT2D eigenvalue weighted by Gasteiger charge is -2.20. The molecule has 0 aromatic heterocycles. The largest absolute Gasteiger partial charge is 0.493 e. The van der Waals surface area contributed by atoms with Crippen LogP contribution in [0.1, 0.15) is 45.1 Å². The van der Waals surface area contributed by atoms with E-state index in [0.717, 1.165) is 31.4 Å². The Labute approximate surface area is 187 Å². The Balaban J connectivity index is 2.48. The van der Waals surface area contributed by atoms with Gasteiger partial charge in [-0.05, 0) is 57.0 Å². The van der Waals surface area contributed by atoms with Gasteiger partial charge in [-0.15, -0.1) is 0 Å². The topological polar surface area (TPSA) is 71.1 Å². The lowest BCUT2D eigenvalue weighted by Crippen LogP contribution is -2.35. The first kappa shape index (κ1) is 26.5. The second-order valence-electron chi connectivity index (χ2n) is 8.27. The fourth-order valence-electron chi connectivity index (χ4n) is 2.72. The summed E-state index contributed by atoms with van der Waals surface area (Å²) < 4.78 is 10.8. The molecule has 174 valence electrons. The van der Waals surface area contributed by atoms with Crippen molar-refractivity contribution < 1.29 is 19.1 Å². The average molecular weight is 434 g/mol. The maximum Gasteiger partial charge on any atom is 0.415 e. The highest BCUT2D eigenvalue weighted by atomic mass is 16.6. The van der Waals surface area contributed by atoms with Gasteiger partial charge in [0.25, 0.3) is 0 Å². The number of amides is 2. The number of hydrogen-bond acceptors (Lipinski definition) is 5. The number of unbranched alkanes of at least 4 members (excludes halogenated alkanes) is 2. The van der Waals surface area contributed by atoms with Gasteiger partial charge < -0.3 is 24.6 Å². The summed E-state index contributed by atoms with van der Waals surface area (Å²) >= 11 is 0. The van der Waals surface area contributed by atoms with E-state index >= 15 is 0 Å². The molecule has 0 bridgehead atoms. The van der Waals surface area contributed by atoms with Crippen molar-refractivity contribution in [3.05, 3.63) is 35.9 Å². The van der Waals surface area contributed by atoms with Crippen molar-refractivity contribution in [3.63, 3.8) is 0 Å². The van der Waals surface area contributed by atoms with Gasteiger partial charge >= 0.3 is 6.09 Å². The zero-order valence-electron chi connectivity index (χ0n) is 19.9. The standard InChI is InChI=1S/C24H39N3O4/c1-19(2)11-9-7-8-10-12-23(28)25-18-20-13-14-21(22(17-20)30-6)31-24(29)27(5)16-15-26(3)4/h9,11,13-14,17,19H,7-8,10,12,15-16,18H2,1-6H3,(H,25,28)/b11-9+. The summed E-state index contributed by atoms with van der Waals surface area (Å²) in [5.74, 6) is 1.41. The van der Waals surface area contributed by atoms with Gasteiger partial charge in [0.2, 0.25) is 5.91 Å². The van der Waals surface area contributed by atoms with Gasteiger partial charge in [-0.3, -0.25) is 4.79 Å². The Morgan fingerprint density at radius 1 is 1.10 bits per heavy atom. The summed E-state index contributed by atoms with van der Waals surface area (Å²) in [4.78, 5) is 27.8. The second-order valence-corrected chi connectivity index (χ2v) is 8.27. The third-order valence-electron chi connectivity index (χ3n) is 4.65. The number of allylic oxidation sites excluding steroid dienone is 2. The highest BCUT2D eigenvalue weighted by molar-refractivity contribution is 5.76. The molecule has 0 atom stereocenters. The van der Waals surface area contributed by atoms with Gasteiger partial charge in [-0.1, -0.05) is 32.1 Å².